The summed E-state index contributed by atoms with van der Waals surface area (Å²) in [4.78, 5) is 16.0. The first kappa shape index (κ1) is 23.0. The number of fused-ring (bicyclic) bond motifs is 1. The van der Waals surface area contributed by atoms with Gasteiger partial charge in [0.15, 0.2) is 5.96 Å². The fraction of sp³-hybridized carbons (Fsp3) is 0.300. The summed E-state index contributed by atoms with van der Waals surface area (Å²) >= 11 is 0. The van der Waals surface area contributed by atoms with Crippen LogP contribution in [0.1, 0.15) is 29.0 Å². The fourth-order valence-electron chi connectivity index (χ4n) is 3.12. The molecule has 0 aromatic heterocycles. The Morgan fingerprint density at radius 2 is 1.83 bits per heavy atom. The minimum atomic E-state index is -4.34. The van der Waals surface area contributed by atoms with Crippen LogP contribution in [0.3, 0.4) is 0 Å². The molecule has 29 heavy (non-hydrogen) atoms. The molecule has 5 nitrogen and oxygen atoms in total. The summed E-state index contributed by atoms with van der Waals surface area (Å²) in [5, 5.41) is 9.12. The minimum Gasteiger partial charge on any atom is -0.356 e. The molecule has 1 aliphatic heterocycles. The van der Waals surface area contributed by atoms with Crippen molar-refractivity contribution in [1.82, 2.24) is 10.6 Å². The van der Waals surface area contributed by atoms with E-state index in [1.165, 1.54) is 12.1 Å². The lowest BCUT2D eigenvalue weighted by Gasteiger charge is -2.26. The van der Waals surface area contributed by atoms with Gasteiger partial charge in [0, 0.05) is 38.2 Å². The quantitative estimate of drug-likeness (QED) is 0.325. The van der Waals surface area contributed by atoms with Crippen molar-refractivity contribution >= 4 is 41.5 Å². The van der Waals surface area contributed by atoms with Gasteiger partial charge in [-0.3, -0.25) is 9.79 Å². The Morgan fingerprint density at radius 1 is 1.14 bits per heavy atom. The number of guanidine groups is 1. The summed E-state index contributed by atoms with van der Waals surface area (Å²) in [6.07, 6.45) is -3.97. The van der Waals surface area contributed by atoms with Crippen LogP contribution in [-0.4, -0.2) is 25.5 Å². The molecule has 9 heteroatoms. The molecule has 0 fully saturated rings. The van der Waals surface area contributed by atoms with Crippen LogP contribution in [0.25, 0.3) is 0 Å². The normalized spacial score (nSPS) is 16.3. The van der Waals surface area contributed by atoms with E-state index in [1.54, 1.807) is 7.05 Å². The van der Waals surface area contributed by atoms with E-state index in [1.807, 2.05) is 24.3 Å². The number of rotatable bonds is 4. The van der Waals surface area contributed by atoms with Gasteiger partial charge in [-0.25, -0.2) is 0 Å². The number of hydrogen-bond donors (Lipinski definition) is 3. The van der Waals surface area contributed by atoms with Gasteiger partial charge >= 0.3 is 6.18 Å². The number of benzene rings is 2. The van der Waals surface area contributed by atoms with Crippen LogP contribution in [0.4, 0.5) is 18.9 Å². The number of amides is 1. The number of carbonyl (C=O) groups excluding carboxylic acids is 1. The van der Waals surface area contributed by atoms with Crippen molar-refractivity contribution in [3.8, 4) is 0 Å². The molecule has 1 heterocycles. The molecule has 3 N–H and O–H groups in total. The number of anilines is 1. The molecule has 0 saturated carbocycles. The number of hydrogen-bond acceptors (Lipinski definition) is 2. The molecular weight excluding hydrogens is 496 g/mol. The first-order valence-electron chi connectivity index (χ1n) is 8.86. The van der Waals surface area contributed by atoms with Crippen molar-refractivity contribution in [2.75, 3.05) is 18.9 Å². The zero-order chi connectivity index (χ0) is 20.1. The molecule has 1 atom stereocenters. The van der Waals surface area contributed by atoms with Gasteiger partial charge in [-0.05, 0) is 29.3 Å². The number of carbonyl (C=O) groups is 1. The number of alkyl halides is 3. The Bertz CT molecular complexity index is 869. The molecule has 0 aliphatic carbocycles. The smallest absolute Gasteiger partial charge is 0.356 e. The number of para-hydroxylation sites is 1. The van der Waals surface area contributed by atoms with Gasteiger partial charge in [0.25, 0.3) is 0 Å². The largest absolute Gasteiger partial charge is 0.416 e. The summed E-state index contributed by atoms with van der Waals surface area (Å²) < 4.78 is 37.9. The van der Waals surface area contributed by atoms with Crippen LogP contribution in [-0.2, 0) is 17.5 Å². The first-order valence-corrected chi connectivity index (χ1v) is 8.86. The third-order valence-electron chi connectivity index (χ3n) is 4.59. The van der Waals surface area contributed by atoms with Crippen molar-refractivity contribution < 1.29 is 18.0 Å². The van der Waals surface area contributed by atoms with Gasteiger partial charge in [-0.15, -0.1) is 24.0 Å². The van der Waals surface area contributed by atoms with Crippen molar-refractivity contribution in [3.05, 3.63) is 65.2 Å². The minimum absolute atomic E-state index is 0. The monoisotopic (exact) mass is 518 g/mol. The Balaban J connectivity index is 0.00000300. The second kappa shape index (κ2) is 9.95. The molecule has 0 spiro atoms. The summed E-state index contributed by atoms with van der Waals surface area (Å²) in [7, 11) is 1.61. The van der Waals surface area contributed by atoms with E-state index in [4.69, 9.17) is 0 Å². The standard InChI is InChI=1S/C20H21F3N4O.HI/c1-24-19(25-11-13-6-8-15(9-7-13)20(21,22)23)26-12-14-10-18(28)27-17-5-3-2-4-16(14)17;/h2-9,14H,10-12H2,1H3,(H,27,28)(H2,24,25,26);1H. The maximum absolute atomic E-state index is 12.6. The molecule has 1 aliphatic rings. The van der Waals surface area contributed by atoms with E-state index in [0.717, 1.165) is 23.4 Å². The summed E-state index contributed by atoms with van der Waals surface area (Å²) in [5.74, 6) is 0.496. The molecule has 3 rings (SSSR count). The molecule has 0 radical (unpaired) electrons. The van der Waals surface area contributed by atoms with Crippen molar-refractivity contribution in [3.63, 3.8) is 0 Å². The van der Waals surface area contributed by atoms with Gasteiger partial charge in [-0.2, -0.15) is 13.2 Å². The third-order valence-corrected chi connectivity index (χ3v) is 4.59. The Kier molecular flexibility index (Phi) is 7.88. The predicted octanol–water partition coefficient (Wildman–Crippen LogP) is 4.11. The highest BCUT2D eigenvalue weighted by Gasteiger charge is 2.30. The van der Waals surface area contributed by atoms with E-state index in [0.29, 0.717) is 31.0 Å². The highest BCUT2D eigenvalue weighted by Crippen LogP contribution is 2.31. The zero-order valence-electron chi connectivity index (χ0n) is 15.7. The lowest BCUT2D eigenvalue weighted by atomic mass is 9.90. The van der Waals surface area contributed by atoms with E-state index in [-0.39, 0.29) is 35.8 Å². The molecule has 1 unspecified atom stereocenters. The van der Waals surface area contributed by atoms with Crippen molar-refractivity contribution in [2.24, 2.45) is 4.99 Å². The molecule has 0 bridgehead atoms. The molecule has 2 aromatic rings. The average molecular weight is 518 g/mol. The summed E-state index contributed by atoms with van der Waals surface area (Å²) in [6.45, 7) is 0.844. The third kappa shape index (κ3) is 6.09. The number of halogens is 4. The molecule has 1 amide bonds. The van der Waals surface area contributed by atoms with Gasteiger partial charge < -0.3 is 16.0 Å². The van der Waals surface area contributed by atoms with Crippen LogP contribution in [0.5, 0.6) is 0 Å². The molecular formula is C20H22F3IN4O. The maximum atomic E-state index is 12.6. The SMILES string of the molecule is CN=C(NCc1ccc(C(F)(F)F)cc1)NCC1CC(=O)Nc2ccccc21.I. The van der Waals surface area contributed by atoms with Crippen LogP contribution >= 0.6 is 24.0 Å². The van der Waals surface area contributed by atoms with E-state index in [9.17, 15) is 18.0 Å². The number of nitrogens with zero attached hydrogens (tertiary/aromatic N) is 1. The van der Waals surface area contributed by atoms with Crippen molar-refractivity contribution in [1.29, 1.82) is 0 Å². The van der Waals surface area contributed by atoms with Crippen LogP contribution in [0, 0.1) is 0 Å². The second-order valence-electron chi connectivity index (χ2n) is 6.54. The van der Waals surface area contributed by atoms with Gasteiger partial charge in [0.1, 0.15) is 0 Å². The van der Waals surface area contributed by atoms with Crippen LogP contribution in [0.2, 0.25) is 0 Å². The highest BCUT2D eigenvalue weighted by molar-refractivity contribution is 14.0. The second-order valence-corrected chi connectivity index (χ2v) is 6.54. The van der Waals surface area contributed by atoms with Crippen LogP contribution in [0.15, 0.2) is 53.5 Å². The molecule has 156 valence electrons. The average Bonchev–Trinajstić information content (AvgIpc) is 2.67. The predicted molar refractivity (Wildman–Crippen MR) is 117 cm³/mol. The fourth-order valence-corrected chi connectivity index (χ4v) is 3.12. The van der Waals surface area contributed by atoms with E-state index >= 15 is 0 Å². The number of nitrogens with one attached hydrogen (secondary N) is 3. The van der Waals surface area contributed by atoms with Crippen LogP contribution < -0.4 is 16.0 Å². The van der Waals surface area contributed by atoms with Gasteiger partial charge in [0.2, 0.25) is 5.91 Å². The first-order chi connectivity index (χ1) is 13.4. The highest BCUT2D eigenvalue weighted by atomic mass is 127. The van der Waals surface area contributed by atoms with Gasteiger partial charge in [0.05, 0.1) is 5.56 Å². The Morgan fingerprint density at radius 3 is 2.48 bits per heavy atom. The number of aliphatic imine (C=N–C) groups is 1. The molecule has 2 aromatic carbocycles. The summed E-state index contributed by atoms with van der Waals surface area (Å²) in [6, 6.07) is 12.7. The Hall–Kier alpha value is -2.30. The van der Waals surface area contributed by atoms with Crippen molar-refractivity contribution in [2.45, 2.75) is 25.1 Å². The molecule has 0 saturated heterocycles. The Labute approximate surface area is 184 Å². The zero-order valence-corrected chi connectivity index (χ0v) is 18.0. The van der Waals surface area contributed by atoms with E-state index in [2.05, 4.69) is 20.9 Å². The lowest BCUT2D eigenvalue weighted by molar-refractivity contribution is -0.137. The summed E-state index contributed by atoms with van der Waals surface area (Å²) in [5.41, 5.74) is 1.91. The lowest BCUT2D eigenvalue weighted by Crippen LogP contribution is -2.40. The van der Waals surface area contributed by atoms with E-state index < -0.39 is 11.7 Å². The topological polar surface area (TPSA) is 65.5 Å². The maximum Gasteiger partial charge on any atom is 0.416 e. The van der Waals surface area contributed by atoms with Gasteiger partial charge in [-0.1, -0.05) is 30.3 Å².